The zero-order chi connectivity index (χ0) is 15.2. The Morgan fingerprint density at radius 1 is 1.15 bits per heavy atom. The van der Waals surface area contributed by atoms with Gasteiger partial charge in [0.15, 0.2) is 0 Å². The minimum atomic E-state index is -2.88. The number of sulfone groups is 1. The predicted molar refractivity (Wildman–Crippen MR) is 86.7 cm³/mol. The van der Waals surface area contributed by atoms with Crippen LogP contribution in [0.3, 0.4) is 0 Å². The Bertz CT molecular complexity index is 363. The van der Waals surface area contributed by atoms with E-state index in [9.17, 15) is 8.42 Å². The second kappa shape index (κ2) is 8.38. The van der Waals surface area contributed by atoms with Gasteiger partial charge in [0.25, 0.3) is 0 Å². The molecule has 120 valence electrons. The molecule has 1 saturated carbocycles. The first-order chi connectivity index (χ1) is 9.43. The van der Waals surface area contributed by atoms with Crippen molar-refractivity contribution < 1.29 is 8.42 Å². The van der Waals surface area contributed by atoms with Gasteiger partial charge >= 0.3 is 0 Å². The summed E-state index contributed by atoms with van der Waals surface area (Å²) in [5, 5.41) is 3.61. The minimum absolute atomic E-state index is 0.110. The number of rotatable bonds is 8. The molecule has 0 bridgehead atoms. The van der Waals surface area contributed by atoms with Crippen molar-refractivity contribution in [1.29, 1.82) is 0 Å². The van der Waals surface area contributed by atoms with E-state index in [1.165, 1.54) is 25.5 Å². The van der Waals surface area contributed by atoms with Gasteiger partial charge in [-0.15, -0.1) is 0 Å². The summed E-state index contributed by atoms with van der Waals surface area (Å²) in [5.41, 5.74) is 0. The first-order valence-corrected chi connectivity index (χ1v) is 10.3. The van der Waals surface area contributed by atoms with Crippen LogP contribution in [0.1, 0.15) is 65.7 Å². The predicted octanol–water partition coefficient (Wildman–Crippen LogP) is 3.39. The fourth-order valence-electron chi connectivity index (χ4n) is 3.72. The molecule has 0 spiro atoms. The van der Waals surface area contributed by atoms with Gasteiger partial charge in [-0.05, 0) is 44.1 Å². The molecule has 3 nitrogen and oxygen atoms in total. The van der Waals surface area contributed by atoms with E-state index in [2.05, 4.69) is 26.1 Å². The van der Waals surface area contributed by atoms with Gasteiger partial charge in [0, 0.05) is 12.3 Å². The fraction of sp³-hybridized carbons (Fsp3) is 1.00. The summed E-state index contributed by atoms with van der Waals surface area (Å²) in [6.07, 6.45) is 8.87. The van der Waals surface area contributed by atoms with Crippen LogP contribution in [-0.2, 0) is 9.84 Å². The lowest BCUT2D eigenvalue weighted by molar-refractivity contribution is 0.199. The van der Waals surface area contributed by atoms with Crippen LogP contribution in [0.2, 0.25) is 0 Å². The summed E-state index contributed by atoms with van der Waals surface area (Å²) in [5.74, 6) is 1.20. The van der Waals surface area contributed by atoms with Gasteiger partial charge in [-0.25, -0.2) is 8.42 Å². The van der Waals surface area contributed by atoms with Crippen molar-refractivity contribution in [3.05, 3.63) is 0 Å². The van der Waals surface area contributed by atoms with E-state index in [0.29, 0.717) is 17.9 Å². The molecule has 4 heteroatoms. The fourth-order valence-corrected chi connectivity index (χ4v) is 4.91. The number of hydrogen-bond acceptors (Lipinski definition) is 3. The SMILES string of the molecule is CCCNC(C(CC)CC)C1CCCC(S(C)(=O)=O)C1. The molecule has 0 aromatic rings. The zero-order valence-electron chi connectivity index (χ0n) is 13.7. The highest BCUT2D eigenvalue weighted by molar-refractivity contribution is 7.91. The van der Waals surface area contributed by atoms with E-state index >= 15 is 0 Å². The molecule has 0 amide bonds. The van der Waals surface area contributed by atoms with Crippen molar-refractivity contribution in [3.8, 4) is 0 Å². The number of hydrogen-bond donors (Lipinski definition) is 1. The van der Waals surface area contributed by atoms with Crippen molar-refractivity contribution in [2.24, 2.45) is 11.8 Å². The van der Waals surface area contributed by atoms with E-state index < -0.39 is 9.84 Å². The van der Waals surface area contributed by atoms with Gasteiger partial charge < -0.3 is 5.32 Å². The highest BCUT2D eigenvalue weighted by Crippen LogP contribution is 2.34. The van der Waals surface area contributed by atoms with Crippen molar-refractivity contribution in [2.45, 2.75) is 77.0 Å². The third kappa shape index (κ3) is 5.03. The highest BCUT2D eigenvalue weighted by Gasteiger charge is 2.35. The summed E-state index contributed by atoms with van der Waals surface area (Å²) in [7, 11) is -2.88. The molecule has 1 aliphatic carbocycles. The van der Waals surface area contributed by atoms with Crippen LogP contribution in [0, 0.1) is 11.8 Å². The summed E-state index contributed by atoms with van der Waals surface area (Å²) >= 11 is 0. The van der Waals surface area contributed by atoms with E-state index in [0.717, 1.165) is 32.2 Å². The number of nitrogens with one attached hydrogen (secondary N) is 1. The van der Waals surface area contributed by atoms with Crippen molar-refractivity contribution >= 4 is 9.84 Å². The lowest BCUT2D eigenvalue weighted by Crippen LogP contribution is -2.45. The lowest BCUT2D eigenvalue weighted by Gasteiger charge is -2.38. The molecule has 3 atom stereocenters. The van der Waals surface area contributed by atoms with Gasteiger partial charge in [0.1, 0.15) is 9.84 Å². The first-order valence-electron chi connectivity index (χ1n) is 8.36. The largest absolute Gasteiger partial charge is 0.313 e. The Morgan fingerprint density at radius 3 is 2.30 bits per heavy atom. The molecule has 20 heavy (non-hydrogen) atoms. The minimum Gasteiger partial charge on any atom is -0.313 e. The smallest absolute Gasteiger partial charge is 0.150 e. The molecule has 0 heterocycles. The second-order valence-electron chi connectivity index (χ2n) is 6.43. The quantitative estimate of drug-likeness (QED) is 0.747. The van der Waals surface area contributed by atoms with Crippen LogP contribution < -0.4 is 5.32 Å². The molecule has 0 aromatic heterocycles. The van der Waals surface area contributed by atoms with Crippen molar-refractivity contribution in [3.63, 3.8) is 0 Å². The summed E-state index contributed by atoms with van der Waals surface area (Å²) in [6.45, 7) is 7.75. The van der Waals surface area contributed by atoms with Gasteiger partial charge in [-0.3, -0.25) is 0 Å². The molecule has 0 aromatic carbocycles. The van der Waals surface area contributed by atoms with E-state index in [1.54, 1.807) is 0 Å². The molecular weight excluding hydrogens is 270 g/mol. The zero-order valence-corrected chi connectivity index (χ0v) is 14.5. The monoisotopic (exact) mass is 303 g/mol. The van der Waals surface area contributed by atoms with Crippen LogP contribution in [0.5, 0.6) is 0 Å². The molecule has 1 N–H and O–H groups in total. The Balaban J connectivity index is 2.78. The van der Waals surface area contributed by atoms with Crippen LogP contribution in [0.15, 0.2) is 0 Å². The molecule has 1 rings (SSSR count). The third-order valence-electron chi connectivity index (χ3n) is 4.97. The first kappa shape index (κ1) is 18.0. The van der Waals surface area contributed by atoms with Gasteiger partial charge in [0.05, 0.1) is 5.25 Å². The van der Waals surface area contributed by atoms with E-state index in [-0.39, 0.29) is 5.25 Å². The van der Waals surface area contributed by atoms with Gasteiger partial charge in [-0.2, -0.15) is 0 Å². The molecular formula is C16H33NO2S. The van der Waals surface area contributed by atoms with Crippen molar-refractivity contribution in [1.82, 2.24) is 5.32 Å². The lowest BCUT2D eigenvalue weighted by atomic mass is 9.76. The van der Waals surface area contributed by atoms with Crippen LogP contribution >= 0.6 is 0 Å². The topological polar surface area (TPSA) is 46.2 Å². The molecule has 0 saturated heterocycles. The maximum atomic E-state index is 11.9. The second-order valence-corrected chi connectivity index (χ2v) is 8.76. The van der Waals surface area contributed by atoms with Crippen molar-refractivity contribution in [2.75, 3.05) is 12.8 Å². The van der Waals surface area contributed by atoms with E-state index in [1.807, 2.05) is 0 Å². The Hall–Kier alpha value is -0.0900. The Kier molecular flexibility index (Phi) is 7.52. The maximum Gasteiger partial charge on any atom is 0.150 e. The normalized spacial score (nSPS) is 25.9. The Morgan fingerprint density at radius 2 is 1.80 bits per heavy atom. The molecule has 0 aliphatic heterocycles. The summed E-state index contributed by atoms with van der Waals surface area (Å²) in [6, 6.07) is 0.495. The average molecular weight is 304 g/mol. The molecule has 1 fully saturated rings. The van der Waals surface area contributed by atoms with Crippen LogP contribution in [0.25, 0.3) is 0 Å². The third-order valence-corrected chi connectivity index (χ3v) is 6.61. The van der Waals surface area contributed by atoms with Gasteiger partial charge in [0.2, 0.25) is 0 Å². The standard InChI is InChI=1S/C16H33NO2S/c1-5-11-17-16(13(6-2)7-3)14-9-8-10-15(12-14)20(4,18)19/h13-17H,5-12H2,1-4H3. The molecule has 3 unspecified atom stereocenters. The summed E-state index contributed by atoms with van der Waals surface area (Å²) < 4.78 is 23.7. The van der Waals surface area contributed by atoms with Crippen LogP contribution in [0.4, 0.5) is 0 Å². The molecule has 1 aliphatic rings. The van der Waals surface area contributed by atoms with E-state index in [4.69, 9.17) is 0 Å². The average Bonchev–Trinajstić information content (AvgIpc) is 2.42. The highest BCUT2D eigenvalue weighted by atomic mass is 32.2. The van der Waals surface area contributed by atoms with Crippen LogP contribution in [-0.4, -0.2) is 32.5 Å². The summed E-state index contributed by atoms with van der Waals surface area (Å²) in [4.78, 5) is 0. The van der Waals surface area contributed by atoms with Gasteiger partial charge in [-0.1, -0.05) is 40.0 Å². The Labute approximate surface area is 125 Å². The molecule has 0 radical (unpaired) electrons. The maximum absolute atomic E-state index is 11.9.